The normalized spacial score (nSPS) is 16.3. The number of aryl methyl sites for hydroxylation is 1. The van der Waals surface area contributed by atoms with Crippen molar-refractivity contribution >= 4 is 23.2 Å². The summed E-state index contributed by atoms with van der Waals surface area (Å²) in [4.78, 5) is 28.6. The first-order chi connectivity index (χ1) is 14.8. The van der Waals surface area contributed by atoms with Gasteiger partial charge in [0.05, 0.1) is 0 Å². The first-order valence-corrected chi connectivity index (χ1v) is 10.6. The summed E-state index contributed by atoms with van der Waals surface area (Å²) in [5.74, 6) is 0.590. The van der Waals surface area contributed by atoms with E-state index in [1.807, 2.05) is 29.2 Å². The third-order valence-corrected chi connectivity index (χ3v) is 5.90. The molecule has 5 rings (SSSR count). The van der Waals surface area contributed by atoms with Crippen molar-refractivity contribution in [2.45, 2.75) is 12.8 Å². The highest BCUT2D eigenvalue weighted by Gasteiger charge is 2.25. The van der Waals surface area contributed by atoms with Gasteiger partial charge >= 0.3 is 0 Å². The smallest absolute Gasteiger partial charge is 0.272 e. The Bertz CT molecular complexity index is 1030. The second-order valence-electron chi connectivity index (χ2n) is 7.74. The molecular formula is C24H25N5O. The van der Waals surface area contributed by atoms with E-state index in [0.717, 1.165) is 38.2 Å². The van der Waals surface area contributed by atoms with Crippen LogP contribution >= 0.6 is 0 Å². The van der Waals surface area contributed by atoms with E-state index in [1.165, 1.54) is 11.3 Å². The number of carbonyl (C=O) groups excluding carboxylic acids is 1. The number of aromatic nitrogens is 2. The van der Waals surface area contributed by atoms with Gasteiger partial charge < -0.3 is 14.7 Å². The number of hydrogen-bond donors (Lipinski definition) is 0. The van der Waals surface area contributed by atoms with Crippen molar-refractivity contribution in [1.82, 2.24) is 14.9 Å². The van der Waals surface area contributed by atoms with E-state index in [2.05, 4.69) is 50.1 Å². The number of para-hydroxylation sites is 2. The molecule has 152 valence electrons. The number of hydrogen-bond acceptors (Lipinski definition) is 5. The highest BCUT2D eigenvalue weighted by molar-refractivity contribution is 5.92. The van der Waals surface area contributed by atoms with E-state index in [0.29, 0.717) is 24.7 Å². The van der Waals surface area contributed by atoms with Crippen LogP contribution in [0.3, 0.4) is 0 Å². The molecule has 1 saturated heterocycles. The van der Waals surface area contributed by atoms with Gasteiger partial charge in [-0.25, -0.2) is 9.97 Å². The zero-order valence-corrected chi connectivity index (χ0v) is 16.9. The fourth-order valence-corrected chi connectivity index (χ4v) is 4.31. The van der Waals surface area contributed by atoms with Crippen LogP contribution in [0.5, 0.6) is 0 Å². The molecule has 2 aliphatic heterocycles. The van der Waals surface area contributed by atoms with Crippen molar-refractivity contribution in [2.75, 3.05) is 42.5 Å². The van der Waals surface area contributed by atoms with Gasteiger partial charge in [0.2, 0.25) is 5.95 Å². The van der Waals surface area contributed by atoms with Crippen LogP contribution in [-0.2, 0) is 6.42 Å². The Hall–Kier alpha value is -3.41. The maximum absolute atomic E-state index is 13.1. The van der Waals surface area contributed by atoms with E-state index < -0.39 is 0 Å². The van der Waals surface area contributed by atoms with E-state index in [4.69, 9.17) is 0 Å². The van der Waals surface area contributed by atoms with E-state index in [1.54, 1.807) is 12.3 Å². The van der Waals surface area contributed by atoms with Gasteiger partial charge in [0.25, 0.3) is 5.91 Å². The molecular weight excluding hydrogens is 374 g/mol. The quantitative estimate of drug-likeness (QED) is 0.675. The standard InChI is InChI=1S/C24H25N5O/c30-23(28-17-15-27(16-18-28)20-9-2-1-3-10-20)21-12-13-25-24(26-21)29-14-6-8-19-7-4-5-11-22(19)29/h1-5,7,9-13H,6,8,14-18H2. The van der Waals surface area contributed by atoms with Crippen molar-refractivity contribution in [1.29, 1.82) is 0 Å². The van der Waals surface area contributed by atoms with Crippen LogP contribution in [0.1, 0.15) is 22.5 Å². The zero-order chi connectivity index (χ0) is 20.3. The Morgan fingerprint density at radius 3 is 2.43 bits per heavy atom. The largest absolute Gasteiger partial charge is 0.368 e. The molecule has 30 heavy (non-hydrogen) atoms. The Labute approximate surface area is 176 Å². The van der Waals surface area contributed by atoms with Gasteiger partial charge in [-0.05, 0) is 42.7 Å². The second-order valence-corrected chi connectivity index (χ2v) is 7.74. The maximum atomic E-state index is 13.1. The molecule has 0 aliphatic carbocycles. The van der Waals surface area contributed by atoms with Gasteiger partial charge in [0.15, 0.2) is 0 Å². The fourth-order valence-electron chi connectivity index (χ4n) is 4.31. The van der Waals surface area contributed by atoms with Gasteiger partial charge in [0.1, 0.15) is 5.69 Å². The third kappa shape index (κ3) is 3.61. The Kier molecular flexibility index (Phi) is 5.05. The lowest BCUT2D eigenvalue weighted by atomic mass is 10.0. The first-order valence-electron chi connectivity index (χ1n) is 10.6. The molecule has 0 saturated carbocycles. The summed E-state index contributed by atoms with van der Waals surface area (Å²) in [6.07, 6.45) is 3.82. The van der Waals surface area contributed by atoms with Crippen LogP contribution in [0.15, 0.2) is 66.9 Å². The average Bonchev–Trinajstić information content (AvgIpc) is 2.84. The fraction of sp³-hybridized carbons (Fsp3) is 0.292. The third-order valence-electron chi connectivity index (χ3n) is 5.90. The first kappa shape index (κ1) is 18.6. The van der Waals surface area contributed by atoms with Crippen LogP contribution in [0, 0.1) is 0 Å². The monoisotopic (exact) mass is 399 g/mol. The predicted octanol–water partition coefficient (Wildman–Crippen LogP) is 3.52. The van der Waals surface area contributed by atoms with Gasteiger partial charge in [-0.2, -0.15) is 0 Å². The minimum atomic E-state index is -0.0170. The minimum absolute atomic E-state index is 0.0170. The number of anilines is 3. The van der Waals surface area contributed by atoms with Crippen molar-refractivity contribution in [3.63, 3.8) is 0 Å². The molecule has 2 aromatic carbocycles. The number of rotatable bonds is 3. The van der Waals surface area contributed by atoms with E-state index >= 15 is 0 Å². The Morgan fingerprint density at radius 1 is 0.833 bits per heavy atom. The average molecular weight is 399 g/mol. The van der Waals surface area contributed by atoms with Crippen LogP contribution in [-0.4, -0.2) is 53.5 Å². The Balaban J connectivity index is 1.31. The van der Waals surface area contributed by atoms with Crippen molar-refractivity contribution < 1.29 is 4.79 Å². The summed E-state index contributed by atoms with van der Waals surface area (Å²) < 4.78 is 0. The number of carbonyl (C=O) groups is 1. The molecule has 1 fully saturated rings. The van der Waals surface area contributed by atoms with Crippen molar-refractivity contribution in [3.05, 3.63) is 78.1 Å². The maximum Gasteiger partial charge on any atom is 0.272 e. The molecule has 0 atom stereocenters. The summed E-state index contributed by atoms with van der Waals surface area (Å²) in [7, 11) is 0. The van der Waals surface area contributed by atoms with Gasteiger partial charge in [0, 0.05) is 50.3 Å². The summed E-state index contributed by atoms with van der Waals surface area (Å²) in [6.45, 7) is 3.91. The number of benzene rings is 2. The molecule has 0 radical (unpaired) electrons. The molecule has 0 unspecified atom stereocenters. The topological polar surface area (TPSA) is 52.6 Å². The molecule has 2 aliphatic rings. The summed E-state index contributed by atoms with van der Waals surface area (Å²) in [5.41, 5.74) is 4.12. The SMILES string of the molecule is O=C(c1ccnc(N2CCCc3ccccc32)n1)N1CCN(c2ccccc2)CC1. The summed E-state index contributed by atoms with van der Waals surface area (Å²) in [6, 6.07) is 20.5. The predicted molar refractivity (Wildman–Crippen MR) is 118 cm³/mol. The number of nitrogens with zero attached hydrogens (tertiary/aromatic N) is 5. The molecule has 3 heterocycles. The number of piperazine rings is 1. The van der Waals surface area contributed by atoms with Crippen LogP contribution in [0.25, 0.3) is 0 Å². The number of amides is 1. The molecule has 3 aromatic rings. The van der Waals surface area contributed by atoms with Gasteiger partial charge in [-0.15, -0.1) is 0 Å². The second kappa shape index (κ2) is 8.14. The molecule has 0 N–H and O–H groups in total. The van der Waals surface area contributed by atoms with Crippen molar-refractivity contribution in [3.8, 4) is 0 Å². The molecule has 0 spiro atoms. The van der Waals surface area contributed by atoms with Crippen LogP contribution < -0.4 is 9.80 Å². The molecule has 0 bridgehead atoms. The lowest BCUT2D eigenvalue weighted by Crippen LogP contribution is -2.49. The Morgan fingerprint density at radius 2 is 1.60 bits per heavy atom. The molecule has 1 aromatic heterocycles. The lowest BCUT2D eigenvalue weighted by molar-refractivity contribution is 0.0740. The summed E-state index contributed by atoms with van der Waals surface area (Å²) >= 11 is 0. The highest BCUT2D eigenvalue weighted by atomic mass is 16.2. The molecule has 1 amide bonds. The van der Waals surface area contributed by atoms with Crippen LogP contribution in [0.4, 0.5) is 17.3 Å². The van der Waals surface area contributed by atoms with E-state index in [-0.39, 0.29) is 5.91 Å². The number of fused-ring (bicyclic) bond motifs is 1. The minimum Gasteiger partial charge on any atom is -0.368 e. The molecule has 6 heteroatoms. The zero-order valence-electron chi connectivity index (χ0n) is 16.9. The van der Waals surface area contributed by atoms with Crippen molar-refractivity contribution in [2.24, 2.45) is 0 Å². The van der Waals surface area contributed by atoms with E-state index in [9.17, 15) is 4.79 Å². The van der Waals surface area contributed by atoms with Crippen LogP contribution in [0.2, 0.25) is 0 Å². The summed E-state index contributed by atoms with van der Waals surface area (Å²) in [5, 5.41) is 0. The highest BCUT2D eigenvalue weighted by Crippen LogP contribution is 2.31. The molecule has 6 nitrogen and oxygen atoms in total. The van der Waals surface area contributed by atoms with Gasteiger partial charge in [-0.1, -0.05) is 36.4 Å². The van der Waals surface area contributed by atoms with Gasteiger partial charge in [-0.3, -0.25) is 4.79 Å². The lowest BCUT2D eigenvalue weighted by Gasteiger charge is -2.36.